The van der Waals surface area contributed by atoms with Crippen LogP contribution in [0.4, 0.5) is 0 Å². The predicted molar refractivity (Wildman–Crippen MR) is 58.4 cm³/mol. The molecule has 0 saturated carbocycles. The Labute approximate surface area is 88.8 Å². The van der Waals surface area contributed by atoms with Gasteiger partial charge < -0.3 is 9.47 Å². The lowest BCUT2D eigenvalue weighted by Crippen LogP contribution is -2.38. The van der Waals surface area contributed by atoms with Crippen LogP contribution in [0.2, 0.25) is 0 Å². The third-order valence-corrected chi connectivity index (χ3v) is 2.92. The first-order valence-corrected chi connectivity index (χ1v) is 5.77. The molecule has 0 bridgehead atoms. The minimum Gasteiger partial charge on any atom is -0.483 e. The Bertz CT molecular complexity index is 308. The molecule has 2 rings (SSSR count). The van der Waals surface area contributed by atoms with E-state index < -0.39 is 0 Å². The second kappa shape index (κ2) is 2.89. The fourth-order valence-electron chi connectivity index (χ4n) is 2.12. The van der Waals surface area contributed by atoms with E-state index in [-0.39, 0.29) is 11.2 Å². The van der Waals surface area contributed by atoms with Crippen molar-refractivity contribution in [2.45, 2.75) is 45.3 Å². The normalized spacial score (nSPS) is 22.9. The summed E-state index contributed by atoms with van der Waals surface area (Å²) in [5.74, 6) is 1.76. The monoisotopic (exact) mass is 212 g/mol. The van der Waals surface area contributed by atoms with Crippen LogP contribution >= 0.6 is 11.3 Å². The van der Waals surface area contributed by atoms with Gasteiger partial charge in [0.1, 0.15) is 11.2 Å². The van der Waals surface area contributed by atoms with Crippen molar-refractivity contribution in [1.82, 2.24) is 0 Å². The molecule has 1 aromatic heterocycles. The number of rotatable bonds is 0. The van der Waals surface area contributed by atoms with Crippen molar-refractivity contribution in [2.75, 3.05) is 0 Å². The van der Waals surface area contributed by atoms with Gasteiger partial charge in [0.25, 0.3) is 0 Å². The van der Waals surface area contributed by atoms with Gasteiger partial charge in [-0.25, -0.2) is 0 Å². The molecule has 0 spiro atoms. The first kappa shape index (κ1) is 9.84. The maximum atomic E-state index is 5.91. The molecule has 78 valence electrons. The van der Waals surface area contributed by atoms with E-state index in [1.165, 1.54) is 0 Å². The molecule has 0 amide bonds. The fourth-order valence-corrected chi connectivity index (χ4v) is 2.76. The Balaban J connectivity index is 2.39. The second-order valence-electron chi connectivity index (χ2n) is 5.00. The van der Waals surface area contributed by atoms with Crippen molar-refractivity contribution in [3.05, 3.63) is 10.8 Å². The number of fused-ring (bicyclic) bond motifs is 1. The first-order chi connectivity index (χ1) is 6.38. The molecule has 0 atom stereocenters. The minimum absolute atomic E-state index is 0.157. The van der Waals surface area contributed by atoms with Crippen LogP contribution in [-0.2, 0) is 0 Å². The molecule has 1 aromatic rings. The van der Waals surface area contributed by atoms with Gasteiger partial charge in [-0.15, -0.1) is 11.3 Å². The zero-order chi connectivity index (χ0) is 10.4. The lowest BCUT2D eigenvalue weighted by atomic mass is 9.92. The first-order valence-electron chi connectivity index (χ1n) is 4.82. The number of ether oxygens (including phenoxy) is 2. The van der Waals surface area contributed by atoms with Crippen LogP contribution in [0.1, 0.15) is 34.1 Å². The van der Waals surface area contributed by atoms with Gasteiger partial charge in [0, 0.05) is 17.2 Å². The molecule has 1 aliphatic heterocycles. The third-order valence-electron chi connectivity index (χ3n) is 2.22. The van der Waals surface area contributed by atoms with Gasteiger partial charge in [-0.2, -0.15) is 0 Å². The van der Waals surface area contributed by atoms with Crippen molar-refractivity contribution in [3.63, 3.8) is 0 Å². The van der Waals surface area contributed by atoms with Gasteiger partial charge in [-0.1, -0.05) is 0 Å². The average molecular weight is 212 g/mol. The summed E-state index contributed by atoms with van der Waals surface area (Å²) in [6.07, 6.45) is 0.888. The smallest absolute Gasteiger partial charge is 0.172 e. The highest BCUT2D eigenvalue weighted by molar-refractivity contribution is 7.08. The fraction of sp³-hybridized carbons (Fsp3) is 0.636. The number of thiophene rings is 1. The van der Waals surface area contributed by atoms with E-state index in [1.807, 2.05) is 10.8 Å². The van der Waals surface area contributed by atoms with Crippen molar-refractivity contribution in [1.29, 1.82) is 0 Å². The van der Waals surface area contributed by atoms with Crippen LogP contribution in [0.5, 0.6) is 11.5 Å². The van der Waals surface area contributed by atoms with E-state index in [0.29, 0.717) is 0 Å². The molecule has 0 unspecified atom stereocenters. The van der Waals surface area contributed by atoms with Crippen LogP contribution in [0.3, 0.4) is 0 Å². The minimum atomic E-state index is -0.157. The Morgan fingerprint density at radius 1 is 1.00 bits per heavy atom. The molecule has 0 radical (unpaired) electrons. The van der Waals surface area contributed by atoms with Crippen LogP contribution in [-0.4, -0.2) is 11.2 Å². The molecular weight excluding hydrogens is 196 g/mol. The molecule has 0 fully saturated rings. The topological polar surface area (TPSA) is 18.5 Å². The van der Waals surface area contributed by atoms with Crippen LogP contribution in [0.25, 0.3) is 0 Å². The Morgan fingerprint density at radius 3 is 1.86 bits per heavy atom. The standard InChI is InChI=1S/C11H16O2S/c1-10(2)7-11(3,4)13-9-6-14-5-8(9)12-10/h5-6H,7H2,1-4H3. The molecule has 14 heavy (non-hydrogen) atoms. The molecule has 0 N–H and O–H groups in total. The third kappa shape index (κ3) is 1.87. The van der Waals surface area contributed by atoms with Gasteiger partial charge in [-0.3, -0.25) is 0 Å². The summed E-state index contributed by atoms with van der Waals surface area (Å²) in [5.41, 5.74) is -0.314. The van der Waals surface area contributed by atoms with Gasteiger partial charge in [0.15, 0.2) is 11.5 Å². The highest BCUT2D eigenvalue weighted by atomic mass is 32.1. The molecular formula is C11H16O2S. The maximum absolute atomic E-state index is 5.91. The van der Waals surface area contributed by atoms with E-state index in [2.05, 4.69) is 27.7 Å². The highest BCUT2D eigenvalue weighted by Gasteiger charge is 2.36. The van der Waals surface area contributed by atoms with Crippen LogP contribution in [0, 0.1) is 0 Å². The van der Waals surface area contributed by atoms with Crippen LogP contribution < -0.4 is 9.47 Å². The van der Waals surface area contributed by atoms with Crippen molar-refractivity contribution in [2.24, 2.45) is 0 Å². The summed E-state index contributed by atoms with van der Waals surface area (Å²) in [6, 6.07) is 0. The van der Waals surface area contributed by atoms with E-state index in [9.17, 15) is 0 Å². The van der Waals surface area contributed by atoms with Gasteiger partial charge in [-0.05, 0) is 27.7 Å². The SMILES string of the molecule is CC1(C)CC(C)(C)Oc2cscc2O1. The second-order valence-corrected chi connectivity index (χ2v) is 5.74. The van der Waals surface area contributed by atoms with E-state index >= 15 is 0 Å². The van der Waals surface area contributed by atoms with Crippen molar-refractivity contribution < 1.29 is 9.47 Å². The Kier molecular flexibility index (Phi) is 2.03. The van der Waals surface area contributed by atoms with Gasteiger partial charge in [0.05, 0.1) is 0 Å². The summed E-state index contributed by atoms with van der Waals surface area (Å²) in [5, 5.41) is 4.00. The summed E-state index contributed by atoms with van der Waals surface area (Å²) in [6.45, 7) is 8.41. The summed E-state index contributed by atoms with van der Waals surface area (Å²) in [4.78, 5) is 0. The average Bonchev–Trinajstić information content (AvgIpc) is 2.28. The van der Waals surface area contributed by atoms with Crippen LogP contribution in [0.15, 0.2) is 10.8 Å². The number of hydrogen-bond donors (Lipinski definition) is 0. The predicted octanol–water partition coefficient (Wildman–Crippen LogP) is 3.47. The largest absolute Gasteiger partial charge is 0.483 e. The lowest BCUT2D eigenvalue weighted by Gasteiger charge is -2.30. The molecule has 1 aliphatic rings. The quantitative estimate of drug-likeness (QED) is 0.655. The number of hydrogen-bond acceptors (Lipinski definition) is 3. The molecule has 0 aliphatic carbocycles. The highest BCUT2D eigenvalue weighted by Crippen LogP contribution is 2.42. The Hall–Kier alpha value is -0.700. The molecule has 3 heteroatoms. The molecule has 0 aromatic carbocycles. The van der Waals surface area contributed by atoms with E-state index in [4.69, 9.17) is 9.47 Å². The van der Waals surface area contributed by atoms with E-state index in [1.54, 1.807) is 11.3 Å². The van der Waals surface area contributed by atoms with Crippen molar-refractivity contribution in [3.8, 4) is 11.5 Å². The molecule has 2 heterocycles. The van der Waals surface area contributed by atoms with Gasteiger partial charge >= 0.3 is 0 Å². The molecule has 2 nitrogen and oxygen atoms in total. The van der Waals surface area contributed by atoms with Crippen molar-refractivity contribution >= 4 is 11.3 Å². The summed E-state index contributed by atoms with van der Waals surface area (Å²) in [7, 11) is 0. The lowest BCUT2D eigenvalue weighted by molar-refractivity contribution is 0.0332. The zero-order valence-electron chi connectivity index (χ0n) is 9.09. The summed E-state index contributed by atoms with van der Waals surface area (Å²) < 4.78 is 11.8. The van der Waals surface area contributed by atoms with Gasteiger partial charge in [0.2, 0.25) is 0 Å². The maximum Gasteiger partial charge on any atom is 0.172 e. The summed E-state index contributed by atoms with van der Waals surface area (Å²) >= 11 is 1.62. The Morgan fingerprint density at radius 2 is 1.43 bits per heavy atom. The van der Waals surface area contributed by atoms with E-state index in [0.717, 1.165) is 17.9 Å². The zero-order valence-corrected chi connectivity index (χ0v) is 9.90. The molecule has 0 saturated heterocycles.